The Bertz CT molecular complexity index is 592. The summed E-state index contributed by atoms with van der Waals surface area (Å²) in [5, 5.41) is 0. The number of hydrogen-bond donors (Lipinski definition) is 0. The topological polar surface area (TPSA) is 24.3 Å². The summed E-state index contributed by atoms with van der Waals surface area (Å²) in [6.45, 7) is 4.44. The van der Waals surface area contributed by atoms with Crippen LogP contribution in [0.5, 0.6) is 0 Å². The van der Waals surface area contributed by atoms with Crippen molar-refractivity contribution >= 4 is 0 Å². The van der Waals surface area contributed by atoms with E-state index in [9.17, 15) is 0 Å². The van der Waals surface area contributed by atoms with E-state index in [0.717, 1.165) is 31.9 Å². The van der Waals surface area contributed by atoms with Gasteiger partial charge in [-0.05, 0) is 38.4 Å². The van der Waals surface area contributed by atoms with Crippen LogP contribution in [0.3, 0.4) is 0 Å². The fourth-order valence-electron chi connectivity index (χ4n) is 3.42. The predicted molar refractivity (Wildman–Crippen MR) is 94.3 cm³/mol. The van der Waals surface area contributed by atoms with Crippen molar-refractivity contribution < 1.29 is 0 Å². The van der Waals surface area contributed by atoms with E-state index in [1.165, 1.54) is 24.9 Å². The monoisotopic (exact) mass is 312 g/mol. The molecule has 1 fully saturated rings. The van der Waals surface area contributed by atoms with Gasteiger partial charge in [-0.3, -0.25) is 4.90 Å². The third-order valence-electron chi connectivity index (χ3n) is 4.99. The summed E-state index contributed by atoms with van der Waals surface area (Å²) in [5.74, 6) is 1.16. The molecule has 124 valence electrons. The van der Waals surface area contributed by atoms with Gasteiger partial charge in [-0.25, -0.2) is 4.98 Å². The smallest absolute Gasteiger partial charge is 0.122 e. The van der Waals surface area contributed by atoms with Crippen LogP contribution in [0, 0.1) is 0 Å². The molecule has 4 nitrogen and oxygen atoms in total. The summed E-state index contributed by atoms with van der Waals surface area (Å²) in [7, 11) is 4.35. The van der Waals surface area contributed by atoms with Gasteiger partial charge in [0.1, 0.15) is 5.82 Å². The Labute approximate surface area is 139 Å². The lowest BCUT2D eigenvalue weighted by molar-refractivity contribution is 0.110. The van der Waals surface area contributed by atoms with Gasteiger partial charge in [-0.2, -0.15) is 0 Å². The van der Waals surface area contributed by atoms with Gasteiger partial charge in [0.15, 0.2) is 0 Å². The van der Waals surface area contributed by atoms with Crippen LogP contribution < -0.4 is 0 Å². The van der Waals surface area contributed by atoms with Gasteiger partial charge >= 0.3 is 0 Å². The summed E-state index contributed by atoms with van der Waals surface area (Å²) < 4.78 is 2.13. The molecule has 0 N–H and O–H groups in total. The van der Waals surface area contributed by atoms with Gasteiger partial charge in [0.2, 0.25) is 0 Å². The lowest BCUT2D eigenvalue weighted by Gasteiger charge is -2.37. The molecule has 0 saturated carbocycles. The molecule has 4 heteroatoms. The molecule has 1 aliphatic rings. The molecule has 1 aromatic carbocycles. The van der Waals surface area contributed by atoms with Gasteiger partial charge in [0.25, 0.3) is 0 Å². The third-order valence-corrected chi connectivity index (χ3v) is 4.99. The number of aromatic nitrogens is 2. The van der Waals surface area contributed by atoms with Crippen LogP contribution in [0.25, 0.3) is 0 Å². The highest BCUT2D eigenvalue weighted by molar-refractivity contribution is 5.14. The minimum absolute atomic E-state index is 0.660. The first-order valence-electron chi connectivity index (χ1n) is 8.65. The molecule has 1 atom stereocenters. The van der Waals surface area contributed by atoms with E-state index in [0.29, 0.717) is 6.04 Å². The second-order valence-corrected chi connectivity index (χ2v) is 6.70. The van der Waals surface area contributed by atoms with E-state index >= 15 is 0 Å². The Morgan fingerprint density at radius 2 is 2.09 bits per heavy atom. The first-order valence-corrected chi connectivity index (χ1v) is 8.65. The van der Waals surface area contributed by atoms with Crippen molar-refractivity contribution in [1.29, 1.82) is 0 Å². The molecular formula is C19H28N4. The second-order valence-electron chi connectivity index (χ2n) is 6.70. The van der Waals surface area contributed by atoms with Gasteiger partial charge in [-0.1, -0.05) is 30.3 Å². The molecule has 1 saturated heterocycles. The molecule has 0 spiro atoms. The van der Waals surface area contributed by atoms with Crippen LogP contribution in [0.15, 0.2) is 42.7 Å². The van der Waals surface area contributed by atoms with Gasteiger partial charge in [0, 0.05) is 38.6 Å². The summed E-state index contributed by atoms with van der Waals surface area (Å²) in [5.41, 5.74) is 1.43. The Morgan fingerprint density at radius 3 is 2.83 bits per heavy atom. The standard InChI is InChI=1S/C19H28N4/c1-21(13-10-17-7-4-3-5-8-17)18-9-6-12-23(15-18)16-19-20-11-14-22(19)2/h3-5,7-8,11,14,18H,6,9-10,12-13,15-16H2,1-2H3/t18-/m0/s1. The van der Waals surface area contributed by atoms with Crippen molar-refractivity contribution in [2.24, 2.45) is 7.05 Å². The van der Waals surface area contributed by atoms with E-state index in [2.05, 4.69) is 63.8 Å². The number of nitrogens with zero attached hydrogens (tertiary/aromatic N) is 4. The number of benzene rings is 1. The fraction of sp³-hybridized carbons (Fsp3) is 0.526. The number of rotatable bonds is 6. The van der Waals surface area contributed by atoms with Gasteiger partial charge in [-0.15, -0.1) is 0 Å². The maximum absolute atomic E-state index is 4.46. The zero-order valence-electron chi connectivity index (χ0n) is 14.4. The highest BCUT2D eigenvalue weighted by atomic mass is 15.2. The number of piperidine rings is 1. The third kappa shape index (κ3) is 4.43. The average molecular weight is 312 g/mol. The molecule has 0 bridgehead atoms. The second kappa shape index (κ2) is 7.75. The highest BCUT2D eigenvalue weighted by Crippen LogP contribution is 2.17. The summed E-state index contributed by atoms with van der Waals surface area (Å²) in [6, 6.07) is 11.5. The molecule has 0 radical (unpaired) electrons. The van der Waals surface area contributed by atoms with Crippen LogP contribution in [-0.4, -0.2) is 52.1 Å². The zero-order chi connectivity index (χ0) is 16.1. The van der Waals surface area contributed by atoms with E-state index in [1.807, 2.05) is 12.4 Å². The van der Waals surface area contributed by atoms with Crippen LogP contribution in [-0.2, 0) is 20.0 Å². The lowest BCUT2D eigenvalue weighted by Crippen LogP contribution is -2.46. The summed E-state index contributed by atoms with van der Waals surface area (Å²) in [4.78, 5) is 9.55. The maximum atomic E-state index is 4.46. The van der Waals surface area contributed by atoms with E-state index in [-0.39, 0.29) is 0 Å². The van der Waals surface area contributed by atoms with Crippen LogP contribution in [0.2, 0.25) is 0 Å². The molecule has 2 aromatic rings. The van der Waals surface area contributed by atoms with Crippen LogP contribution >= 0.6 is 0 Å². The quantitative estimate of drug-likeness (QED) is 0.819. The van der Waals surface area contributed by atoms with E-state index < -0.39 is 0 Å². The van der Waals surface area contributed by atoms with Crippen LogP contribution in [0.4, 0.5) is 0 Å². The molecule has 1 aliphatic heterocycles. The molecule has 23 heavy (non-hydrogen) atoms. The molecule has 3 rings (SSSR count). The van der Waals surface area contributed by atoms with Crippen LogP contribution in [0.1, 0.15) is 24.2 Å². The summed E-state index contributed by atoms with van der Waals surface area (Å²) >= 11 is 0. The molecule has 0 unspecified atom stereocenters. The van der Waals surface area contributed by atoms with Crippen molar-refractivity contribution in [3.05, 3.63) is 54.1 Å². The largest absolute Gasteiger partial charge is 0.337 e. The SMILES string of the molecule is CN(CCc1ccccc1)[C@H]1CCCN(Cc2nccn2C)C1. The van der Waals surface area contributed by atoms with Crippen molar-refractivity contribution in [1.82, 2.24) is 19.4 Å². The van der Waals surface area contributed by atoms with E-state index in [1.54, 1.807) is 0 Å². The van der Waals surface area contributed by atoms with Crippen molar-refractivity contribution in [2.45, 2.75) is 31.8 Å². The molecular weight excluding hydrogens is 284 g/mol. The molecule has 1 aromatic heterocycles. The number of hydrogen-bond acceptors (Lipinski definition) is 3. The van der Waals surface area contributed by atoms with Crippen molar-refractivity contribution in [3.8, 4) is 0 Å². The Hall–Kier alpha value is -1.65. The molecule has 2 heterocycles. The Kier molecular flexibility index (Phi) is 5.47. The normalized spacial score (nSPS) is 19.3. The molecule has 0 amide bonds. The predicted octanol–water partition coefficient (Wildman–Crippen LogP) is 2.56. The zero-order valence-corrected chi connectivity index (χ0v) is 14.4. The first kappa shape index (κ1) is 16.2. The minimum atomic E-state index is 0.660. The molecule has 0 aliphatic carbocycles. The van der Waals surface area contributed by atoms with Gasteiger partial charge in [0.05, 0.1) is 6.54 Å². The lowest BCUT2D eigenvalue weighted by atomic mass is 10.0. The Morgan fingerprint density at radius 1 is 1.26 bits per heavy atom. The number of likely N-dealkylation sites (N-methyl/N-ethyl adjacent to an activating group) is 1. The van der Waals surface area contributed by atoms with Crippen molar-refractivity contribution in [2.75, 3.05) is 26.7 Å². The van der Waals surface area contributed by atoms with E-state index in [4.69, 9.17) is 0 Å². The first-order chi connectivity index (χ1) is 11.2. The highest BCUT2D eigenvalue weighted by Gasteiger charge is 2.23. The summed E-state index contributed by atoms with van der Waals surface area (Å²) in [6.07, 6.45) is 7.64. The Balaban J connectivity index is 1.50. The number of aryl methyl sites for hydroxylation is 1. The number of imidazole rings is 1. The average Bonchev–Trinajstić information content (AvgIpc) is 2.99. The number of likely N-dealkylation sites (tertiary alicyclic amines) is 1. The fourth-order valence-corrected chi connectivity index (χ4v) is 3.42. The van der Waals surface area contributed by atoms with Crippen molar-refractivity contribution in [3.63, 3.8) is 0 Å². The maximum Gasteiger partial charge on any atom is 0.122 e. The minimum Gasteiger partial charge on any atom is -0.337 e. The van der Waals surface area contributed by atoms with Gasteiger partial charge < -0.3 is 9.47 Å².